The Bertz CT molecular complexity index is 163. The predicted molar refractivity (Wildman–Crippen MR) is 76.8 cm³/mol. The highest BCUT2D eigenvalue weighted by Gasteiger charge is 2.20. The molecule has 0 saturated carbocycles. The van der Waals surface area contributed by atoms with Crippen LogP contribution in [-0.2, 0) is 4.43 Å². The summed E-state index contributed by atoms with van der Waals surface area (Å²) in [5.41, 5.74) is 0. The molecule has 0 rings (SSSR count). The number of hydrogen-bond donors (Lipinski definition) is 1. The van der Waals surface area contributed by atoms with Crippen molar-refractivity contribution in [3.63, 3.8) is 0 Å². The van der Waals surface area contributed by atoms with Gasteiger partial charge in [0, 0.05) is 6.61 Å². The Hall–Kier alpha value is 0.487. The molecule has 1 atom stereocenters. The highest BCUT2D eigenvalue weighted by atomic mass is 32.2. The van der Waals surface area contributed by atoms with E-state index >= 15 is 0 Å². The van der Waals surface area contributed by atoms with Crippen LogP contribution in [0.15, 0.2) is 0 Å². The van der Waals surface area contributed by atoms with E-state index in [4.69, 9.17) is 9.53 Å². The van der Waals surface area contributed by atoms with Gasteiger partial charge in [0.15, 0.2) is 8.32 Å². The fourth-order valence-corrected chi connectivity index (χ4v) is 4.78. The molecule has 16 heavy (non-hydrogen) atoms. The maximum Gasteiger partial charge on any atom is 0.186 e. The normalized spacial score (nSPS) is 14.1. The van der Waals surface area contributed by atoms with Crippen molar-refractivity contribution in [2.45, 2.75) is 58.4 Å². The average molecular weight is 265 g/mol. The summed E-state index contributed by atoms with van der Waals surface area (Å²) in [6.07, 6.45) is 3.21. The molecule has 0 bridgehead atoms. The first kappa shape index (κ1) is 16.5. The molecule has 0 heterocycles. The van der Waals surface area contributed by atoms with Crippen molar-refractivity contribution < 1.29 is 9.53 Å². The van der Waals surface area contributed by atoms with E-state index < -0.39 is 8.32 Å². The van der Waals surface area contributed by atoms with E-state index in [0.717, 1.165) is 19.4 Å². The van der Waals surface area contributed by atoms with Crippen molar-refractivity contribution in [1.29, 1.82) is 0 Å². The van der Waals surface area contributed by atoms with Gasteiger partial charge in [-0.2, -0.15) is 11.8 Å². The van der Waals surface area contributed by atoms with Gasteiger partial charge in [-0.1, -0.05) is 0 Å². The lowest BCUT2D eigenvalue weighted by Crippen LogP contribution is -2.30. The molecule has 0 aromatic rings. The Morgan fingerprint density at radius 2 is 1.88 bits per heavy atom. The molecule has 0 aliphatic rings. The first-order valence-electron chi connectivity index (χ1n) is 6.37. The molecule has 0 aliphatic carbocycles. The summed E-state index contributed by atoms with van der Waals surface area (Å²) in [6.45, 7) is 9.41. The minimum absolute atomic E-state index is 0.134. The highest BCUT2D eigenvalue weighted by Crippen LogP contribution is 2.16. The Kier molecular flexibility index (Phi) is 9.80. The van der Waals surface area contributed by atoms with Gasteiger partial charge in [0.05, 0.1) is 6.10 Å². The van der Waals surface area contributed by atoms with E-state index in [1.807, 2.05) is 18.7 Å². The summed E-state index contributed by atoms with van der Waals surface area (Å²) in [6, 6.07) is 1.27. The number of aliphatic hydroxyl groups excluding tert-OH is 1. The molecule has 0 aromatic carbocycles. The first-order chi connectivity index (χ1) is 7.48. The molecular formula is C12H28O2SSi. The van der Waals surface area contributed by atoms with E-state index in [0.29, 0.717) is 0 Å². The van der Waals surface area contributed by atoms with Crippen molar-refractivity contribution in [2.75, 3.05) is 18.1 Å². The fourth-order valence-electron chi connectivity index (χ4n) is 1.65. The van der Waals surface area contributed by atoms with Crippen LogP contribution in [0, 0.1) is 0 Å². The molecule has 0 saturated heterocycles. The van der Waals surface area contributed by atoms with Crippen molar-refractivity contribution in [3.8, 4) is 0 Å². The second-order valence-electron chi connectivity index (χ2n) is 4.90. The van der Waals surface area contributed by atoms with Gasteiger partial charge in [-0.25, -0.2) is 0 Å². The van der Waals surface area contributed by atoms with Crippen LogP contribution in [0.3, 0.4) is 0 Å². The van der Waals surface area contributed by atoms with Gasteiger partial charge in [-0.05, 0) is 63.8 Å². The van der Waals surface area contributed by atoms with Crippen molar-refractivity contribution in [1.82, 2.24) is 0 Å². The van der Waals surface area contributed by atoms with Crippen LogP contribution in [0.25, 0.3) is 0 Å². The topological polar surface area (TPSA) is 29.5 Å². The van der Waals surface area contributed by atoms with Gasteiger partial charge < -0.3 is 9.53 Å². The van der Waals surface area contributed by atoms with Crippen LogP contribution < -0.4 is 0 Å². The Morgan fingerprint density at radius 1 is 1.25 bits per heavy atom. The van der Waals surface area contributed by atoms with E-state index in [9.17, 15) is 0 Å². The predicted octanol–water partition coefficient (Wildman–Crippen LogP) is 3.51. The third-order valence-electron chi connectivity index (χ3n) is 2.51. The zero-order chi connectivity index (χ0) is 12.4. The third-order valence-corrected chi connectivity index (χ3v) is 6.30. The molecule has 0 fully saturated rings. The maximum absolute atomic E-state index is 9.10. The van der Waals surface area contributed by atoms with E-state index in [2.05, 4.69) is 20.0 Å². The second kappa shape index (κ2) is 9.51. The molecule has 2 nitrogen and oxygen atoms in total. The summed E-state index contributed by atoms with van der Waals surface area (Å²) in [5.74, 6) is 2.42. The van der Waals surface area contributed by atoms with Crippen LogP contribution in [0.5, 0.6) is 0 Å². The molecule has 4 heteroatoms. The molecule has 0 amide bonds. The number of aliphatic hydroxyl groups is 1. The summed E-state index contributed by atoms with van der Waals surface area (Å²) < 4.78 is 5.79. The van der Waals surface area contributed by atoms with E-state index in [-0.39, 0.29) is 6.10 Å². The molecular weight excluding hydrogens is 236 g/mol. The summed E-state index contributed by atoms with van der Waals surface area (Å²) >= 11 is 2.01. The molecule has 1 N–H and O–H groups in total. The zero-order valence-electron chi connectivity index (χ0n) is 11.3. The van der Waals surface area contributed by atoms with Gasteiger partial charge in [0.2, 0.25) is 0 Å². The lowest BCUT2D eigenvalue weighted by molar-refractivity contribution is 0.184. The molecule has 0 spiro atoms. The van der Waals surface area contributed by atoms with Gasteiger partial charge in [-0.3, -0.25) is 0 Å². The zero-order valence-corrected chi connectivity index (χ0v) is 13.1. The minimum Gasteiger partial charge on any atom is -0.418 e. The largest absolute Gasteiger partial charge is 0.418 e. The van der Waals surface area contributed by atoms with Gasteiger partial charge in [0.1, 0.15) is 0 Å². The summed E-state index contributed by atoms with van der Waals surface area (Å²) in [4.78, 5) is 0. The Balaban J connectivity index is 3.26. The van der Waals surface area contributed by atoms with Crippen LogP contribution in [0.1, 0.15) is 33.1 Å². The standard InChI is InChI=1S/C12H28O2SSi/c1-5-14-16(3,4)11-7-10-15-9-6-8-12(2)13/h12-13H,5-11H2,1-4H3. The molecule has 0 aromatic heterocycles. The highest BCUT2D eigenvalue weighted by molar-refractivity contribution is 7.99. The smallest absolute Gasteiger partial charge is 0.186 e. The summed E-state index contributed by atoms with van der Waals surface area (Å²) in [7, 11) is -1.34. The van der Waals surface area contributed by atoms with Crippen LogP contribution in [0.2, 0.25) is 19.1 Å². The molecule has 0 aliphatic heterocycles. The quantitative estimate of drug-likeness (QED) is 0.484. The molecule has 1 unspecified atom stereocenters. The second-order valence-corrected chi connectivity index (χ2v) is 10.4. The maximum atomic E-state index is 9.10. The fraction of sp³-hybridized carbons (Fsp3) is 1.00. The van der Waals surface area contributed by atoms with Crippen LogP contribution >= 0.6 is 11.8 Å². The van der Waals surface area contributed by atoms with Crippen LogP contribution in [-0.4, -0.2) is 37.6 Å². The van der Waals surface area contributed by atoms with Gasteiger partial charge in [0.25, 0.3) is 0 Å². The van der Waals surface area contributed by atoms with Crippen LogP contribution in [0.4, 0.5) is 0 Å². The van der Waals surface area contributed by atoms with Crippen molar-refractivity contribution >= 4 is 20.1 Å². The molecule has 98 valence electrons. The summed E-state index contributed by atoms with van der Waals surface area (Å²) in [5, 5.41) is 9.10. The first-order valence-corrected chi connectivity index (χ1v) is 10.6. The van der Waals surface area contributed by atoms with Crippen molar-refractivity contribution in [2.24, 2.45) is 0 Å². The third kappa shape index (κ3) is 11.0. The molecule has 0 radical (unpaired) electrons. The van der Waals surface area contributed by atoms with E-state index in [1.165, 1.54) is 24.0 Å². The SMILES string of the molecule is CCO[Si](C)(C)CCCSCCCC(C)O. The number of hydrogen-bond acceptors (Lipinski definition) is 3. The lowest BCUT2D eigenvalue weighted by Gasteiger charge is -2.21. The monoisotopic (exact) mass is 264 g/mol. The Labute approximate surface area is 106 Å². The van der Waals surface area contributed by atoms with Gasteiger partial charge in [-0.15, -0.1) is 0 Å². The van der Waals surface area contributed by atoms with Crippen molar-refractivity contribution in [3.05, 3.63) is 0 Å². The average Bonchev–Trinajstić information content (AvgIpc) is 2.15. The number of rotatable bonds is 10. The van der Waals surface area contributed by atoms with E-state index in [1.54, 1.807) is 0 Å². The minimum atomic E-state index is -1.34. The number of thioether (sulfide) groups is 1. The lowest BCUT2D eigenvalue weighted by atomic mass is 10.2. The Morgan fingerprint density at radius 3 is 2.44 bits per heavy atom. The van der Waals surface area contributed by atoms with Gasteiger partial charge >= 0.3 is 0 Å².